The Hall–Kier alpha value is -1.50. The number of hydrogen-bond acceptors (Lipinski definition) is 4. The van der Waals surface area contributed by atoms with Crippen LogP contribution in [0.4, 0.5) is 0 Å². The van der Waals surface area contributed by atoms with Crippen LogP contribution in [-0.4, -0.2) is 33.6 Å². The van der Waals surface area contributed by atoms with Crippen LogP contribution in [0.2, 0.25) is 10.0 Å². The number of H-pyrrole nitrogens is 1. The standard InChI is InChI=1S/C13H13Cl2N3O3/c14-7-3-8-12(18-9(4-19)17-8)13(11(7)15)21-5-6-1-2-10(20)16-6/h3,6,19H,1-2,4-5H2,(H,16,20)(H,17,18). The number of halogens is 2. The molecule has 112 valence electrons. The molecule has 0 saturated carbocycles. The largest absolute Gasteiger partial charge is 0.487 e. The third-order valence-electron chi connectivity index (χ3n) is 3.34. The topological polar surface area (TPSA) is 87.2 Å². The van der Waals surface area contributed by atoms with E-state index in [4.69, 9.17) is 33.0 Å². The number of aliphatic hydroxyl groups excluding tert-OH is 1. The van der Waals surface area contributed by atoms with E-state index in [-0.39, 0.29) is 23.6 Å². The molecule has 1 aliphatic rings. The first kappa shape index (κ1) is 14.4. The van der Waals surface area contributed by atoms with Crippen LogP contribution in [0.3, 0.4) is 0 Å². The molecule has 1 unspecified atom stereocenters. The van der Waals surface area contributed by atoms with Crippen molar-refractivity contribution < 1.29 is 14.6 Å². The van der Waals surface area contributed by atoms with Crippen LogP contribution in [0.1, 0.15) is 18.7 Å². The maximum Gasteiger partial charge on any atom is 0.220 e. The lowest BCUT2D eigenvalue weighted by atomic mass is 10.2. The van der Waals surface area contributed by atoms with E-state index < -0.39 is 0 Å². The summed E-state index contributed by atoms with van der Waals surface area (Å²) in [5.41, 5.74) is 1.15. The zero-order valence-electron chi connectivity index (χ0n) is 10.9. The molecule has 0 radical (unpaired) electrons. The normalized spacial score (nSPS) is 18.2. The van der Waals surface area contributed by atoms with Gasteiger partial charge in [0.05, 0.1) is 16.6 Å². The molecule has 6 nitrogen and oxygen atoms in total. The summed E-state index contributed by atoms with van der Waals surface area (Å²) in [4.78, 5) is 18.3. The molecule has 1 aromatic heterocycles. The Morgan fingerprint density at radius 3 is 2.95 bits per heavy atom. The lowest BCUT2D eigenvalue weighted by molar-refractivity contribution is -0.119. The lowest BCUT2D eigenvalue weighted by Gasteiger charge is -2.14. The summed E-state index contributed by atoms with van der Waals surface area (Å²) >= 11 is 12.2. The maximum atomic E-state index is 11.2. The van der Waals surface area contributed by atoms with Gasteiger partial charge in [-0.2, -0.15) is 0 Å². The number of imidazole rings is 1. The van der Waals surface area contributed by atoms with Crippen molar-refractivity contribution in [3.63, 3.8) is 0 Å². The second-order valence-corrected chi connectivity index (χ2v) is 5.64. The lowest BCUT2D eigenvalue weighted by Crippen LogP contribution is -2.30. The first-order chi connectivity index (χ1) is 10.1. The molecule has 1 amide bonds. The highest BCUT2D eigenvalue weighted by Crippen LogP contribution is 2.38. The Morgan fingerprint density at radius 1 is 1.48 bits per heavy atom. The SMILES string of the molecule is O=C1CCC(COc2c(Cl)c(Cl)cc3[nH]c(CO)nc23)N1. The fourth-order valence-corrected chi connectivity index (χ4v) is 2.70. The van der Waals surface area contributed by atoms with Crippen molar-refractivity contribution in [1.82, 2.24) is 15.3 Å². The van der Waals surface area contributed by atoms with E-state index in [2.05, 4.69) is 15.3 Å². The second-order valence-electron chi connectivity index (χ2n) is 4.85. The Balaban J connectivity index is 1.90. The van der Waals surface area contributed by atoms with Gasteiger partial charge >= 0.3 is 0 Å². The predicted molar refractivity (Wildman–Crippen MR) is 78.7 cm³/mol. The van der Waals surface area contributed by atoms with Crippen molar-refractivity contribution >= 4 is 40.1 Å². The van der Waals surface area contributed by atoms with Gasteiger partial charge in [-0.3, -0.25) is 4.79 Å². The van der Waals surface area contributed by atoms with Gasteiger partial charge in [0.25, 0.3) is 0 Å². The quantitative estimate of drug-likeness (QED) is 0.800. The van der Waals surface area contributed by atoms with Crippen LogP contribution in [0.15, 0.2) is 6.07 Å². The van der Waals surface area contributed by atoms with E-state index in [1.54, 1.807) is 6.07 Å². The number of ether oxygens (including phenoxy) is 1. The van der Waals surface area contributed by atoms with Crippen LogP contribution in [0.5, 0.6) is 5.75 Å². The molecule has 2 aromatic rings. The zero-order valence-corrected chi connectivity index (χ0v) is 12.5. The maximum absolute atomic E-state index is 11.2. The van der Waals surface area contributed by atoms with Crippen molar-refractivity contribution in [3.05, 3.63) is 21.9 Å². The second kappa shape index (κ2) is 5.71. The van der Waals surface area contributed by atoms with Gasteiger partial charge in [0.2, 0.25) is 5.91 Å². The van der Waals surface area contributed by atoms with Crippen LogP contribution in [-0.2, 0) is 11.4 Å². The highest BCUT2D eigenvalue weighted by molar-refractivity contribution is 6.44. The van der Waals surface area contributed by atoms with E-state index in [0.29, 0.717) is 40.7 Å². The molecule has 1 saturated heterocycles. The minimum Gasteiger partial charge on any atom is -0.487 e. The van der Waals surface area contributed by atoms with Gasteiger partial charge in [0.15, 0.2) is 5.75 Å². The summed E-state index contributed by atoms with van der Waals surface area (Å²) < 4.78 is 5.73. The van der Waals surface area contributed by atoms with Crippen LogP contribution >= 0.6 is 23.2 Å². The Bertz CT molecular complexity index is 702. The predicted octanol–water partition coefficient (Wildman–Crippen LogP) is 2.02. The summed E-state index contributed by atoms with van der Waals surface area (Å²) in [5, 5.41) is 12.6. The van der Waals surface area contributed by atoms with Crippen molar-refractivity contribution in [1.29, 1.82) is 0 Å². The first-order valence-corrected chi connectivity index (χ1v) is 7.23. The summed E-state index contributed by atoms with van der Waals surface area (Å²) in [7, 11) is 0. The van der Waals surface area contributed by atoms with Gasteiger partial charge in [-0.15, -0.1) is 0 Å². The number of fused-ring (bicyclic) bond motifs is 1. The highest BCUT2D eigenvalue weighted by Gasteiger charge is 2.23. The van der Waals surface area contributed by atoms with Crippen molar-refractivity contribution in [3.8, 4) is 5.75 Å². The third kappa shape index (κ3) is 2.79. The fraction of sp³-hybridized carbons (Fsp3) is 0.385. The van der Waals surface area contributed by atoms with Crippen molar-refractivity contribution in [2.75, 3.05) is 6.61 Å². The van der Waals surface area contributed by atoms with Gasteiger partial charge in [-0.05, 0) is 12.5 Å². The molecule has 3 N–H and O–H groups in total. The number of nitrogens with zero attached hydrogens (tertiary/aromatic N) is 1. The summed E-state index contributed by atoms with van der Waals surface area (Å²) in [6, 6.07) is 1.59. The number of aromatic nitrogens is 2. The first-order valence-electron chi connectivity index (χ1n) is 6.48. The monoisotopic (exact) mass is 329 g/mol. The molecule has 0 spiro atoms. The van der Waals surface area contributed by atoms with Crippen LogP contribution in [0, 0.1) is 0 Å². The fourth-order valence-electron chi connectivity index (χ4n) is 2.31. The summed E-state index contributed by atoms with van der Waals surface area (Å²) in [5.74, 6) is 0.784. The third-order valence-corrected chi connectivity index (χ3v) is 4.11. The molecular formula is C13H13Cl2N3O3. The summed E-state index contributed by atoms with van der Waals surface area (Å²) in [6.45, 7) is 0.0737. The number of nitrogens with one attached hydrogen (secondary N) is 2. The number of carbonyl (C=O) groups is 1. The Morgan fingerprint density at radius 2 is 2.29 bits per heavy atom. The van der Waals surface area contributed by atoms with Crippen molar-refractivity contribution in [2.24, 2.45) is 0 Å². The van der Waals surface area contributed by atoms with Crippen LogP contribution < -0.4 is 10.1 Å². The molecule has 0 aliphatic carbocycles. The highest BCUT2D eigenvalue weighted by atomic mass is 35.5. The van der Waals surface area contributed by atoms with E-state index in [1.807, 2.05) is 0 Å². The van der Waals surface area contributed by atoms with Crippen molar-refractivity contribution in [2.45, 2.75) is 25.5 Å². The number of carbonyl (C=O) groups excluding carboxylic acids is 1. The van der Waals surface area contributed by atoms with E-state index >= 15 is 0 Å². The average Bonchev–Trinajstić information content (AvgIpc) is 3.05. The van der Waals surface area contributed by atoms with Gasteiger partial charge in [0.1, 0.15) is 29.6 Å². The van der Waals surface area contributed by atoms with E-state index in [1.165, 1.54) is 0 Å². The van der Waals surface area contributed by atoms with Gasteiger partial charge in [-0.1, -0.05) is 23.2 Å². The average molecular weight is 330 g/mol. The molecule has 1 aromatic carbocycles. The number of aromatic amines is 1. The Labute approximate surface area is 130 Å². The smallest absolute Gasteiger partial charge is 0.220 e. The number of benzene rings is 1. The molecule has 21 heavy (non-hydrogen) atoms. The van der Waals surface area contributed by atoms with Gasteiger partial charge < -0.3 is 20.1 Å². The molecule has 8 heteroatoms. The molecule has 1 aliphatic heterocycles. The zero-order chi connectivity index (χ0) is 15.0. The minimum atomic E-state index is -0.220. The number of rotatable bonds is 4. The minimum absolute atomic E-state index is 0.0216. The molecule has 3 rings (SSSR count). The number of aliphatic hydroxyl groups is 1. The number of hydrogen-bond donors (Lipinski definition) is 3. The van der Waals surface area contributed by atoms with Crippen LogP contribution in [0.25, 0.3) is 11.0 Å². The molecule has 2 heterocycles. The molecule has 1 atom stereocenters. The van der Waals surface area contributed by atoms with E-state index in [9.17, 15) is 4.79 Å². The van der Waals surface area contributed by atoms with Gasteiger partial charge in [-0.25, -0.2) is 4.98 Å². The molecule has 0 bridgehead atoms. The molecule has 1 fully saturated rings. The Kier molecular flexibility index (Phi) is 3.93. The van der Waals surface area contributed by atoms with Gasteiger partial charge in [0, 0.05) is 6.42 Å². The molecular weight excluding hydrogens is 317 g/mol. The van der Waals surface area contributed by atoms with E-state index in [0.717, 1.165) is 6.42 Å². The summed E-state index contributed by atoms with van der Waals surface area (Å²) in [6.07, 6.45) is 1.23. The number of amides is 1.